The van der Waals surface area contributed by atoms with Crippen LogP contribution in [0.5, 0.6) is 11.5 Å². The Morgan fingerprint density at radius 1 is 1.10 bits per heavy atom. The number of ether oxygens (including phenoxy) is 2. The number of aromatic nitrogens is 2. The van der Waals surface area contributed by atoms with Crippen molar-refractivity contribution < 1.29 is 17.9 Å². The summed E-state index contributed by atoms with van der Waals surface area (Å²) in [6.07, 6.45) is 0.410. The third-order valence-electron chi connectivity index (χ3n) is 4.14. The molecule has 0 atom stereocenters. The molecule has 0 radical (unpaired) electrons. The van der Waals surface area contributed by atoms with Crippen molar-refractivity contribution in [1.82, 2.24) is 14.5 Å². The summed E-state index contributed by atoms with van der Waals surface area (Å²) in [5.74, 6) is 0.777. The fraction of sp³-hybridized carbons (Fsp3) is 0.263. The lowest BCUT2D eigenvalue weighted by Gasteiger charge is -2.11. The molecule has 0 saturated carbocycles. The molecule has 0 saturated heterocycles. The van der Waals surface area contributed by atoms with Gasteiger partial charge in [-0.2, -0.15) is 5.10 Å². The number of hydrogen-bond donors (Lipinski definition) is 1. The Hall–Kier alpha value is -2.69. The lowest BCUT2D eigenvalue weighted by molar-refractivity contribution is 0.354. The maximum absolute atomic E-state index is 12.5. The Morgan fingerprint density at radius 2 is 1.90 bits per heavy atom. The first-order valence-electron chi connectivity index (χ1n) is 8.78. The Labute approximate surface area is 172 Å². The molecule has 154 valence electrons. The molecule has 2 heterocycles. The van der Waals surface area contributed by atoms with E-state index in [1.807, 2.05) is 17.5 Å². The van der Waals surface area contributed by atoms with E-state index < -0.39 is 10.0 Å². The van der Waals surface area contributed by atoms with Crippen molar-refractivity contribution in [3.63, 3.8) is 0 Å². The van der Waals surface area contributed by atoms with Gasteiger partial charge in [-0.25, -0.2) is 17.8 Å². The summed E-state index contributed by atoms with van der Waals surface area (Å²) in [5.41, 5.74) is 0.485. The summed E-state index contributed by atoms with van der Waals surface area (Å²) in [6, 6.07) is 11.4. The van der Waals surface area contributed by atoms with Gasteiger partial charge in [0.05, 0.1) is 24.0 Å². The van der Waals surface area contributed by atoms with Crippen molar-refractivity contribution in [1.29, 1.82) is 0 Å². The van der Waals surface area contributed by atoms with Crippen LogP contribution in [0.3, 0.4) is 0 Å². The first-order valence-corrected chi connectivity index (χ1v) is 11.1. The summed E-state index contributed by atoms with van der Waals surface area (Å²) in [7, 11) is -0.797. The summed E-state index contributed by atoms with van der Waals surface area (Å²) in [6.45, 7) is 0.459. The SMILES string of the molecule is COc1ccc(S(=O)(=O)NCCCn2nc(-c3cccs3)ccc2=O)cc1OC. The average molecular weight is 436 g/mol. The van der Waals surface area contributed by atoms with E-state index in [1.54, 1.807) is 6.07 Å². The lowest BCUT2D eigenvalue weighted by Crippen LogP contribution is -2.28. The lowest BCUT2D eigenvalue weighted by atomic mass is 10.3. The first-order chi connectivity index (χ1) is 13.9. The van der Waals surface area contributed by atoms with Gasteiger partial charge in [0.2, 0.25) is 10.0 Å². The summed E-state index contributed by atoms with van der Waals surface area (Å²) >= 11 is 1.54. The number of rotatable bonds is 9. The van der Waals surface area contributed by atoms with Gasteiger partial charge < -0.3 is 9.47 Å². The molecule has 0 amide bonds. The van der Waals surface area contributed by atoms with E-state index in [0.717, 1.165) is 4.88 Å². The number of methoxy groups -OCH3 is 2. The van der Waals surface area contributed by atoms with E-state index in [4.69, 9.17) is 9.47 Å². The third-order valence-corrected chi connectivity index (χ3v) is 6.50. The van der Waals surface area contributed by atoms with E-state index in [-0.39, 0.29) is 17.0 Å². The van der Waals surface area contributed by atoms with Crippen molar-refractivity contribution in [2.75, 3.05) is 20.8 Å². The summed E-state index contributed by atoms with van der Waals surface area (Å²) in [5, 5.41) is 6.30. The second kappa shape index (κ2) is 9.21. The Balaban J connectivity index is 1.63. The molecule has 0 aliphatic carbocycles. The molecule has 0 aliphatic rings. The number of nitrogens with zero attached hydrogens (tertiary/aromatic N) is 2. The maximum atomic E-state index is 12.5. The molecule has 0 bridgehead atoms. The molecule has 0 fully saturated rings. The van der Waals surface area contributed by atoms with Crippen molar-refractivity contribution in [2.24, 2.45) is 0 Å². The highest BCUT2D eigenvalue weighted by atomic mass is 32.2. The van der Waals surface area contributed by atoms with Crippen LogP contribution < -0.4 is 19.8 Å². The van der Waals surface area contributed by atoms with Crippen molar-refractivity contribution in [2.45, 2.75) is 17.9 Å². The smallest absolute Gasteiger partial charge is 0.266 e. The monoisotopic (exact) mass is 435 g/mol. The highest BCUT2D eigenvalue weighted by molar-refractivity contribution is 7.89. The molecule has 1 N–H and O–H groups in total. The molecular formula is C19H21N3O5S2. The zero-order valence-corrected chi connectivity index (χ0v) is 17.6. The van der Waals surface area contributed by atoms with Crippen molar-refractivity contribution in [3.8, 4) is 22.1 Å². The van der Waals surface area contributed by atoms with Crippen LogP contribution >= 0.6 is 11.3 Å². The van der Waals surface area contributed by atoms with Crippen LogP contribution in [0.15, 0.2) is 57.5 Å². The summed E-state index contributed by atoms with van der Waals surface area (Å²) < 4.78 is 39.1. The number of sulfonamides is 1. The van der Waals surface area contributed by atoms with E-state index >= 15 is 0 Å². The number of nitrogens with one attached hydrogen (secondary N) is 1. The molecule has 8 nitrogen and oxygen atoms in total. The minimum Gasteiger partial charge on any atom is -0.493 e. The topological polar surface area (TPSA) is 99.5 Å². The first kappa shape index (κ1) is 21.0. The molecule has 0 spiro atoms. The van der Waals surface area contributed by atoms with Crippen LogP contribution in [0.1, 0.15) is 6.42 Å². The zero-order valence-electron chi connectivity index (χ0n) is 16.0. The molecular weight excluding hydrogens is 414 g/mol. The molecule has 0 aliphatic heterocycles. The van der Waals surface area contributed by atoms with E-state index in [0.29, 0.717) is 30.2 Å². The predicted molar refractivity (Wildman–Crippen MR) is 111 cm³/mol. The number of hydrogen-bond acceptors (Lipinski definition) is 7. The molecule has 3 aromatic rings. The van der Waals surface area contributed by atoms with E-state index in [1.165, 1.54) is 54.5 Å². The molecule has 1 aromatic carbocycles. The maximum Gasteiger partial charge on any atom is 0.266 e. The standard InChI is InChI=1S/C19H21N3O5S2/c1-26-16-8-6-14(13-17(16)27-2)29(24,25)20-10-4-11-22-19(23)9-7-15(21-22)18-5-3-12-28-18/h3,5-9,12-13,20H,4,10-11H2,1-2H3. The Bertz CT molecular complexity index is 1120. The second-order valence-corrected chi connectivity index (χ2v) is 8.74. The summed E-state index contributed by atoms with van der Waals surface area (Å²) in [4.78, 5) is 13.1. The molecule has 3 rings (SSSR count). The van der Waals surface area contributed by atoms with Gasteiger partial charge in [-0.3, -0.25) is 4.79 Å². The van der Waals surface area contributed by atoms with Crippen LogP contribution in [0.2, 0.25) is 0 Å². The van der Waals surface area contributed by atoms with Crippen LogP contribution in [0, 0.1) is 0 Å². The van der Waals surface area contributed by atoms with Crippen molar-refractivity contribution in [3.05, 3.63) is 58.2 Å². The molecule has 10 heteroatoms. The van der Waals surface area contributed by atoms with Gasteiger partial charge in [-0.15, -0.1) is 11.3 Å². The Morgan fingerprint density at radius 3 is 2.59 bits per heavy atom. The van der Waals surface area contributed by atoms with Crippen LogP contribution in [0.25, 0.3) is 10.6 Å². The normalized spacial score (nSPS) is 11.4. The molecule has 2 aromatic heterocycles. The largest absolute Gasteiger partial charge is 0.493 e. The van der Waals surface area contributed by atoms with Gasteiger partial charge in [0.1, 0.15) is 5.69 Å². The van der Waals surface area contributed by atoms with Gasteiger partial charge >= 0.3 is 0 Å². The van der Waals surface area contributed by atoms with Crippen molar-refractivity contribution >= 4 is 21.4 Å². The van der Waals surface area contributed by atoms with Crippen LogP contribution in [0.4, 0.5) is 0 Å². The average Bonchev–Trinajstić information content (AvgIpc) is 3.26. The number of aryl methyl sites for hydroxylation is 1. The highest BCUT2D eigenvalue weighted by Crippen LogP contribution is 2.29. The number of benzene rings is 1. The minimum absolute atomic E-state index is 0.0742. The predicted octanol–water partition coefficient (Wildman–Crippen LogP) is 2.36. The highest BCUT2D eigenvalue weighted by Gasteiger charge is 2.16. The minimum atomic E-state index is -3.72. The second-order valence-electron chi connectivity index (χ2n) is 6.03. The zero-order chi connectivity index (χ0) is 20.9. The molecule has 29 heavy (non-hydrogen) atoms. The fourth-order valence-electron chi connectivity index (χ4n) is 2.67. The van der Waals surface area contributed by atoms with Gasteiger partial charge in [-0.1, -0.05) is 6.07 Å². The quantitative estimate of drug-likeness (QED) is 0.518. The molecule has 0 unspecified atom stereocenters. The van der Waals surface area contributed by atoms with Gasteiger partial charge in [0.25, 0.3) is 5.56 Å². The van der Waals surface area contributed by atoms with Gasteiger partial charge in [-0.05, 0) is 36.1 Å². The van der Waals surface area contributed by atoms with Crippen LogP contribution in [-0.4, -0.2) is 39.0 Å². The van der Waals surface area contributed by atoms with Gasteiger partial charge in [0, 0.05) is 25.2 Å². The number of thiophene rings is 1. The van der Waals surface area contributed by atoms with E-state index in [9.17, 15) is 13.2 Å². The van der Waals surface area contributed by atoms with Crippen LogP contribution in [-0.2, 0) is 16.6 Å². The fourth-order valence-corrected chi connectivity index (χ4v) is 4.45. The van der Waals surface area contributed by atoms with Gasteiger partial charge in [0.15, 0.2) is 11.5 Å². The third kappa shape index (κ3) is 5.03. The Kier molecular flexibility index (Phi) is 6.68. The van der Waals surface area contributed by atoms with E-state index in [2.05, 4.69) is 9.82 Å².